The topological polar surface area (TPSA) is 53.9 Å². The highest BCUT2D eigenvalue weighted by molar-refractivity contribution is 5.87. The Balaban J connectivity index is 1.53. The van der Waals surface area contributed by atoms with Gasteiger partial charge in [-0.3, -0.25) is 4.79 Å². The minimum atomic E-state index is -0.239. The van der Waals surface area contributed by atoms with E-state index in [0.717, 1.165) is 42.8 Å². The smallest absolute Gasteiger partial charge is 0.277 e. The summed E-state index contributed by atoms with van der Waals surface area (Å²) in [6.45, 7) is 6.34. The molecule has 27 heavy (non-hydrogen) atoms. The second-order valence-electron chi connectivity index (χ2n) is 6.99. The Morgan fingerprint density at radius 3 is 2.44 bits per heavy atom. The van der Waals surface area contributed by atoms with Crippen LogP contribution in [0, 0.1) is 0 Å². The summed E-state index contributed by atoms with van der Waals surface area (Å²) in [5.41, 5.74) is 5.71. The van der Waals surface area contributed by atoms with Crippen LogP contribution < -0.4 is 10.2 Å². The van der Waals surface area contributed by atoms with Crippen LogP contribution in [0.1, 0.15) is 26.7 Å². The van der Waals surface area contributed by atoms with Gasteiger partial charge in [-0.15, -0.1) is 0 Å². The average Bonchev–Trinajstić information content (AvgIpc) is 2.72. The van der Waals surface area contributed by atoms with Crippen LogP contribution in [0.5, 0.6) is 5.75 Å². The minimum absolute atomic E-state index is 0.0568. The van der Waals surface area contributed by atoms with Crippen molar-refractivity contribution in [3.05, 3.63) is 54.6 Å². The number of hydrogen-bond donors (Lipinski definition) is 1. The first kappa shape index (κ1) is 19.1. The number of hydrogen-bond acceptors (Lipinski definition) is 4. The average molecular weight is 365 g/mol. The van der Waals surface area contributed by atoms with E-state index in [0.29, 0.717) is 11.8 Å². The molecule has 2 aromatic rings. The van der Waals surface area contributed by atoms with Crippen molar-refractivity contribution in [3.8, 4) is 16.9 Å². The number of rotatable bonds is 6. The number of piperidine rings is 1. The molecule has 0 aliphatic carbocycles. The highest BCUT2D eigenvalue weighted by Crippen LogP contribution is 2.29. The molecule has 3 rings (SSSR count). The molecular weight excluding hydrogens is 338 g/mol. The zero-order valence-electron chi connectivity index (χ0n) is 16.0. The summed E-state index contributed by atoms with van der Waals surface area (Å²) in [5.74, 6) is 0.452. The Bertz CT molecular complexity index is 777. The number of amides is 1. The van der Waals surface area contributed by atoms with E-state index in [1.165, 1.54) is 0 Å². The minimum Gasteiger partial charge on any atom is -0.483 e. The van der Waals surface area contributed by atoms with Crippen LogP contribution in [0.2, 0.25) is 0 Å². The Morgan fingerprint density at radius 2 is 1.74 bits per heavy atom. The molecule has 2 aromatic carbocycles. The van der Waals surface area contributed by atoms with Gasteiger partial charge in [-0.2, -0.15) is 5.10 Å². The second-order valence-corrected chi connectivity index (χ2v) is 6.99. The van der Waals surface area contributed by atoms with Crippen molar-refractivity contribution in [2.75, 3.05) is 19.7 Å². The molecule has 0 spiro atoms. The third kappa shape index (κ3) is 5.41. The van der Waals surface area contributed by atoms with Gasteiger partial charge < -0.3 is 9.64 Å². The zero-order valence-corrected chi connectivity index (χ0v) is 16.0. The van der Waals surface area contributed by atoms with E-state index in [2.05, 4.69) is 29.3 Å². The molecular formula is C22H27N3O2. The van der Waals surface area contributed by atoms with Gasteiger partial charge in [0.1, 0.15) is 5.75 Å². The number of nitrogens with zero attached hydrogens (tertiary/aromatic N) is 2. The third-order valence-corrected chi connectivity index (χ3v) is 4.77. The standard InChI is InChI=1S/C22H27N3O2/c1-17(2)25-14-12-19(13-15-25)23-24-22(26)16-27-21-11-7-6-10-20(21)18-8-4-3-5-9-18/h3-11,17H,12-16H2,1-2H3,(H,24,26). The predicted molar refractivity (Wildman–Crippen MR) is 109 cm³/mol. The molecule has 1 aliphatic heterocycles. The van der Waals surface area contributed by atoms with E-state index in [9.17, 15) is 4.79 Å². The van der Waals surface area contributed by atoms with Crippen LogP contribution in [-0.4, -0.2) is 42.3 Å². The summed E-state index contributed by atoms with van der Waals surface area (Å²) in [4.78, 5) is 14.5. The molecule has 5 heteroatoms. The second kappa shape index (κ2) is 9.33. The molecule has 0 bridgehead atoms. The van der Waals surface area contributed by atoms with Crippen molar-refractivity contribution in [1.82, 2.24) is 10.3 Å². The van der Waals surface area contributed by atoms with Crippen LogP contribution >= 0.6 is 0 Å². The maximum atomic E-state index is 12.1. The van der Waals surface area contributed by atoms with E-state index in [-0.39, 0.29) is 12.5 Å². The summed E-state index contributed by atoms with van der Waals surface area (Å²) in [5, 5.41) is 4.28. The molecule has 1 heterocycles. The SMILES string of the molecule is CC(C)N1CCC(=NNC(=O)COc2ccccc2-c2ccccc2)CC1. The maximum absolute atomic E-state index is 12.1. The first-order valence-corrected chi connectivity index (χ1v) is 9.49. The van der Waals surface area contributed by atoms with E-state index >= 15 is 0 Å². The van der Waals surface area contributed by atoms with Crippen molar-refractivity contribution in [1.29, 1.82) is 0 Å². The molecule has 0 unspecified atom stereocenters. The summed E-state index contributed by atoms with van der Waals surface area (Å²) < 4.78 is 5.75. The van der Waals surface area contributed by atoms with Crippen molar-refractivity contribution in [3.63, 3.8) is 0 Å². The number of carbonyl (C=O) groups is 1. The van der Waals surface area contributed by atoms with Crippen LogP contribution in [0.3, 0.4) is 0 Å². The Labute approximate surface area is 161 Å². The van der Waals surface area contributed by atoms with Gasteiger partial charge in [0.05, 0.1) is 0 Å². The fourth-order valence-electron chi connectivity index (χ4n) is 3.18. The lowest BCUT2D eigenvalue weighted by molar-refractivity contribution is -0.123. The van der Waals surface area contributed by atoms with Crippen LogP contribution in [0.25, 0.3) is 11.1 Å². The van der Waals surface area contributed by atoms with Gasteiger partial charge >= 0.3 is 0 Å². The fourth-order valence-corrected chi connectivity index (χ4v) is 3.18. The van der Waals surface area contributed by atoms with Gasteiger partial charge in [0.2, 0.25) is 0 Å². The summed E-state index contributed by atoms with van der Waals surface area (Å²) in [7, 11) is 0. The number of likely N-dealkylation sites (tertiary alicyclic amines) is 1. The fraction of sp³-hybridized carbons (Fsp3) is 0.364. The van der Waals surface area contributed by atoms with Crippen molar-refractivity contribution < 1.29 is 9.53 Å². The zero-order chi connectivity index (χ0) is 19.1. The van der Waals surface area contributed by atoms with Gasteiger partial charge in [-0.05, 0) is 25.5 Å². The van der Waals surface area contributed by atoms with Crippen LogP contribution in [-0.2, 0) is 4.79 Å². The number of para-hydroxylation sites is 1. The molecule has 0 saturated carbocycles. The first-order chi connectivity index (χ1) is 13.1. The Morgan fingerprint density at radius 1 is 1.07 bits per heavy atom. The van der Waals surface area contributed by atoms with E-state index < -0.39 is 0 Å². The van der Waals surface area contributed by atoms with Gasteiger partial charge in [-0.25, -0.2) is 5.43 Å². The van der Waals surface area contributed by atoms with E-state index in [1.807, 2.05) is 54.6 Å². The summed E-state index contributed by atoms with van der Waals surface area (Å²) in [6, 6.07) is 18.3. The molecule has 1 aliphatic rings. The third-order valence-electron chi connectivity index (χ3n) is 4.77. The van der Waals surface area contributed by atoms with Crippen molar-refractivity contribution in [2.45, 2.75) is 32.7 Å². The molecule has 1 fully saturated rings. The quantitative estimate of drug-likeness (QED) is 0.794. The normalized spacial score (nSPS) is 14.9. The number of ether oxygens (including phenoxy) is 1. The van der Waals surface area contributed by atoms with Gasteiger partial charge in [0, 0.05) is 43.2 Å². The number of nitrogens with one attached hydrogen (secondary N) is 1. The summed E-state index contributed by atoms with van der Waals surface area (Å²) in [6.07, 6.45) is 1.80. The van der Waals surface area contributed by atoms with Crippen molar-refractivity contribution >= 4 is 11.6 Å². The maximum Gasteiger partial charge on any atom is 0.277 e. The molecule has 0 atom stereocenters. The number of benzene rings is 2. The monoisotopic (exact) mass is 365 g/mol. The molecule has 0 aromatic heterocycles. The molecule has 5 nitrogen and oxygen atoms in total. The summed E-state index contributed by atoms with van der Waals surface area (Å²) >= 11 is 0. The molecule has 142 valence electrons. The van der Waals surface area contributed by atoms with Gasteiger partial charge in [0.25, 0.3) is 5.91 Å². The van der Waals surface area contributed by atoms with Crippen molar-refractivity contribution in [2.24, 2.45) is 5.10 Å². The lowest BCUT2D eigenvalue weighted by atomic mass is 10.1. The number of hydrazone groups is 1. The van der Waals surface area contributed by atoms with Crippen LogP contribution in [0.4, 0.5) is 0 Å². The van der Waals surface area contributed by atoms with Crippen LogP contribution in [0.15, 0.2) is 59.7 Å². The molecule has 1 N–H and O–H groups in total. The molecule has 0 radical (unpaired) electrons. The largest absolute Gasteiger partial charge is 0.483 e. The lowest BCUT2D eigenvalue weighted by Gasteiger charge is -2.30. The lowest BCUT2D eigenvalue weighted by Crippen LogP contribution is -2.39. The van der Waals surface area contributed by atoms with Gasteiger partial charge in [0.15, 0.2) is 6.61 Å². The van der Waals surface area contributed by atoms with Gasteiger partial charge in [-0.1, -0.05) is 48.5 Å². The Kier molecular flexibility index (Phi) is 6.60. The number of carbonyl (C=O) groups excluding carboxylic acids is 1. The molecule has 1 amide bonds. The highest BCUT2D eigenvalue weighted by Gasteiger charge is 2.17. The predicted octanol–water partition coefficient (Wildman–Crippen LogP) is 3.71. The first-order valence-electron chi connectivity index (χ1n) is 9.49. The molecule has 1 saturated heterocycles. The highest BCUT2D eigenvalue weighted by atomic mass is 16.5. The Hall–Kier alpha value is -2.66. The van der Waals surface area contributed by atoms with E-state index in [4.69, 9.17) is 4.74 Å². The van der Waals surface area contributed by atoms with E-state index in [1.54, 1.807) is 0 Å².